The Morgan fingerprint density at radius 3 is 1.88 bits per heavy atom. The Balaban J connectivity index is 0.00000196. The quantitative estimate of drug-likeness (QED) is 0.419. The van der Waals surface area contributed by atoms with Gasteiger partial charge in [0.15, 0.2) is 0 Å². The van der Waals surface area contributed by atoms with Crippen LogP contribution >= 0.6 is 0 Å². The summed E-state index contributed by atoms with van der Waals surface area (Å²) >= 11 is 0. The van der Waals surface area contributed by atoms with Gasteiger partial charge in [-0.05, 0) is 28.7 Å². The number of benzene rings is 2. The van der Waals surface area contributed by atoms with Crippen molar-refractivity contribution in [2.75, 3.05) is 0 Å². The molecular weight excluding hydrogens is 391 g/mol. The summed E-state index contributed by atoms with van der Waals surface area (Å²) in [5, 5.41) is 0. The molecule has 0 bridgehead atoms. The third kappa shape index (κ3) is 4.37. The van der Waals surface area contributed by atoms with E-state index in [1.807, 2.05) is 0 Å². The maximum atomic E-state index is 2.39. The predicted octanol–water partition coefficient (Wildman–Crippen LogP) is 7.15. The molecule has 2 aromatic carbocycles. The summed E-state index contributed by atoms with van der Waals surface area (Å²) in [6.07, 6.45) is 15.7. The molecule has 2 aliphatic rings. The van der Waals surface area contributed by atoms with Crippen LogP contribution in [0.3, 0.4) is 0 Å². The van der Waals surface area contributed by atoms with Crippen LogP contribution in [0.25, 0.3) is 12.2 Å². The summed E-state index contributed by atoms with van der Waals surface area (Å²) in [5.74, 6) is 2.91. The Kier molecular flexibility index (Phi) is 6.88. The summed E-state index contributed by atoms with van der Waals surface area (Å²) in [6.45, 7) is 2.35. The molecule has 1 heteroatoms. The smallest absolute Gasteiger partial charge is 0.00263 e. The maximum absolute atomic E-state index is 2.39. The standard InChI is InChI=1S/C25H27.Zr/c1-19(13-14-23-18-17-21-9-3-5-12-25(21)23)7-6-10-22-16-15-20-8-2-4-11-24(20)22;/h2-5,8-9,11-12,15-18,22-23H,6-7,10,13-14H2,1H3;/q-1;. The molecule has 0 saturated heterocycles. The summed E-state index contributed by atoms with van der Waals surface area (Å²) in [4.78, 5) is 0. The van der Waals surface area contributed by atoms with Gasteiger partial charge in [-0.1, -0.05) is 85.7 Å². The largest absolute Gasteiger partial charge is 0.317 e. The minimum absolute atomic E-state index is 0. The number of rotatable bonds is 7. The topological polar surface area (TPSA) is 0 Å². The van der Waals surface area contributed by atoms with E-state index in [0.717, 1.165) is 0 Å². The first-order valence-corrected chi connectivity index (χ1v) is 9.67. The van der Waals surface area contributed by atoms with Crippen molar-refractivity contribution in [2.24, 2.45) is 0 Å². The summed E-state index contributed by atoms with van der Waals surface area (Å²) in [7, 11) is 0. The van der Waals surface area contributed by atoms with E-state index < -0.39 is 0 Å². The van der Waals surface area contributed by atoms with Crippen molar-refractivity contribution in [3.63, 3.8) is 0 Å². The van der Waals surface area contributed by atoms with Crippen LogP contribution in [-0.2, 0) is 26.2 Å². The third-order valence-corrected chi connectivity index (χ3v) is 5.81. The number of fused-ring (bicyclic) bond motifs is 2. The van der Waals surface area contributed by atoms with Crippen molar-refractivity contribution in [3.8, 4) is 0 Å². The summed E-state index contributed by atoms with van der Waals surface area (Å²) in [6, 6.07) is 17.7. The van der Waals surface area contributed by atoms with Crippen molar-refractivity contribution in [3.05, 3.63) is 88.9 Å². The maximum Gasteiger partial charge on any atom is 0.00263 e. The van der Waals surface area contributed by atoms with Crippen molar-refractivity contribution >= 4 is 12.2 Å². The fourth-order valence-electron chi connectivity index (χ4n) is 4.30. The Hall–Kier alpha value is -1.20. The Bertz CT molecular complexity index is 786. The van der Waals surface area contributed by atoms with E-state index in [1.165, 1.54) is 54.4 Å². The molecular formula is C25H27Zr-. The molecule has 2 aliphatic carbocycles. The Morgan fingerprint density at radius 2 is 1.27 bits per heavy atom. The first kappa shape index (κ1) is 19.6. The van der Waals surface area contributed by atoms with E-state index in [0.29, 0.717) is 11.8 Å². The van der Waals surface area contributed by atoms with Gasteiger partial charge < -0.3 is 5.92 Å². The number of allylic oxidation sites excluding steroid dienone is 2. The monoisotopic (exact) mass is 417 g/mol. The molecule has 0 N–H and O–H groups in total. The molecule has 2 atom stereocenters. The average molecular weight is 419 g/mol. The molecule has 0 heterocycles. The van der Waals surface area contributed by atoms with Crippen LogP contribution < -0.4 is 0 Å². The van der Waals surface area contributed by atoms with Crippen LogP contribution in [0.15, 0.2) is 60.7 Å². The van der Waals surface area contributed by atoms with Gasteiger partial charge in [-0.15, -0.1) is 0 Å². The van der Waals surface area contributed by atoms with E-state index in [9.17, 15) is 0 Å². The second kappa shape index (κ2) is 9.14. The first-order valence-electron chi connectivity index (χ1n) is 9.67. The molecule has 0 nitrogen and oxygen atoms in total. The molecule has 4 rings (SSSR count). The van der Waals surface area contributed by atoms with E-state index in [4.69, 9.17) is 0 Å². The Labute approximate surface area is 177 Å². The van der Waals surface area contributed by atoms with Crippen molar-refractivity contribution in [2.45, 2.75) is 50.9 Å². The first-order chi connectivity index (χ1) is 12.3. The van der Waals surface area contributed by atoms with Crippen LogP contribution in [0.4, 0.5) is 0 Å². The second-order valence-electron chi connectivity index (χ2n) is 7.58. The van der Waals surface area contributed by atoms with Crippen LogP contribution in [0.1, 0.15) is 73.1 Å². The van der Waals surface area contributed by atoms with Crippen molar-refractivity contribution < 1.29 is 26.2 Å². The zero-order valence-corrected chi connectivity index (χ0v) is 18.1. The van der Waals surface area contributed by atoms with Crippen molar-refractivity contribution in [1.29, 1.82) is 0 Å². The molecule has 26 heavy (non-hydrogen) atoms. The molecule has 0 radical (unpaired) electrons. The molecule has 132 valence electrons. The van der Waals surface area contributed by atoms with Gasteiger partial charge in [0, 0.05) is 38.0 Å². The van der Waals surface area contributed by atoms with Gasteiger partial charge in [0.1, 0.15) is 0 Å². The predicted molar refractivity (Wildman–Crippen MR) is 108 cm³/mol. The molecule has 2 unspecified atom stereocenters. The zero-order chi connectivity index (χ0) is 17.1. The van der Waals surface area contributed by atoms with Gasteiger partial charge in [0.05, 0.1) is 0 Å². The van der Waals surface area contributed by atoms with Crippen LogP contribution in [0.2, 0.25) is 0 Å². The van der Waals surface area contributed by atoms with E-state index in [1.54, 1.807) is 5.92 Å². The number of hydrogen-bond donors (Lipinski definition) is 0. The molecule has 0 saturated carbocycles. The fourth-order valence-corrected chi connectivity index (χ4v) is 4.30. The van der Waals surface area contributed by atoms with Gasteiger partial charge in [-0.3, -0.25) is 0 Å². The fraction of sp³-hybridized carbons (Fsp3) is 0.320. The van der Waals surface area contributed by atoms with Gasteiger partial charge in [-0.2, -0.15) is 19.8 Å². The van der Waals surface area contributed by atoms with Gasteiger partial charge in [0.25, 0.3) is 0 Å². The van der Waals surface area contributed by atoms with Crippen LogP contribution in [0, 0.1) is 5.92 Å². The minimum Gasteiger partial charge on any atom is -0.317 e. The molecule has 2 aromatic rings. The third-order valence-electron chi connectivity index (χ3n) is 5.81. The molecule has 0 fully saturated rings. The van der Waals surface area contributed by atoms with E-state index >= 15 is 0 Å². The minimum atomic E-state index is 0. The number of hydrogen-bond acceptors (Lipinski definition) is 0. The van der Waals surface area contributed by atoms with Crippen LogP contribution in [-0.4, -0.2) is 0 Å². The Morgan fingerprint density at radius 1 is 0.731 bits per heavy atom. The molecule has 0 spiro atoms. The summed E-state index contributed by atoms with van der Waals surface area (Å²) < 4.78 is 0. The normalized spacial score (nSPS) is 19.5. The average Bonchev–Trinajstić information content (AvgIpc) is 3.24. The van der Waals surface area contributed by atoms with Gasteiger partial charge >= 0.3 is 0 Å². The molecule has 0 aromatic heterocycles. The molecule has 0 aliphatic heterocycles. The van der Waals surface area contributed by atoms with Crippen LogP contribution in [0.5, 0.6) is 0 Å². The van der Waals surface area contributed by atoms with Crippen molar-refractivity contribution in [1.82, 2.24) is 0 Å². The molecule has 0 amide bonds. The SMILES string of the molecule is C[C-](CCCC1C=Cc2ccccc21)CCC1C=Cc2ccccc21.[Zr]. The second-order valence-corrected chi connectivity index (χ2v) is 7.58. The van der Waals surface area contributed by atoms with Gasteiger partial charge in [-0.25, -0.2) is 0 Å². The van der Waals surface area contributed by atoms with E-state index in [-0.39, 0.29) is 26.2 Å². The summed E-state index contributed by atoms with van der Waals surface area (Å²) in [5.41, 5.74) is 5.87. The van der Waals surface area contributed by atoms with Gasteiger partial charge in [0.2, 0.25) is 0 Å². The van der Waals surface area contributed by atoms with E-state index in [2.05, 4.69) is 79.8 Å². The zero-order valence-electron chi connectivity index (χ0n) is 15.6.